The maximum absolute atomic E-state index is 12.1. The molecule has 0 aromatic heterocycles. The fourth-order valence-electron chi connectivity index (χ4n) is 2.71. The molecule has 1 aliphatic heterocycles. The highest BCUT2D eigenvalue weighted by atomic mass is 16.7. The number of nitro groups is 1. The number of non-ortho nitro benzene ring substituents is 1. The fourth-order valence-corrected chi connectivity index (χ4v) is 2.71. The highest BCUT2D eigenvalue weighted by Crippen LogP contribution is 2.39. The van der Waals surface area contributed by atoms with Crippen molar-refractivity contribution >= 4 is 23.7 Å². The van der Waals surface area contributed by atoms with Crippen molar-refractivity contribution in [3.63, 3.8) is 0 Å². The second-order valence-electron chi connectivity index (χ2n) is 5.46. The molecule has 0 atom stereocenters. The highest BCUT2D eigenvalue weighted by Gasteiger charge is 2.47. The van der Waals surface area contributed by atoms with Crippen molar-refractivity contribution < 1.29 is 29.1 Å². The lowest BCUT2D eigenvalue weighted by atomic mass is 10.1. The van der Waals surface area contributed by atoms with Gasteiger partial charge in [-0.15, -0.1) is 0 Å². The van der Waals surface area contributed by atoms with E-state index in [4.69, 9.17) is 9.47 Å². The zero-order valence-electron chi connectivity index (χ0n) is 12.0. The van der Waals surface area contributed by atoms with Gasteiger partial charge < -0.3 is 14.6 Å². The molecule has 1 aromatic rings. The molecule has 120 valence electrons. The van der Waals surface area contributed by atoms with Gasteiger partial charge in [0.2, 0.25) is 0 Å². The molecule has 8 heteroatoms. The lowest BCUT2D eigenvalue weighted by Gasteiger charge is -2.32. The number of benzene rings is 1. The first-order valence-electron chi connectivity index (χ1n) is 7.06. The summed E-state index contributed by atoms with van der Waals surface area (Å²) in [7, 11) is 0. The second kappa shape index (κ2) is 5.38. The quantitative estimate of drug-likeness (QED) is 0.291. The van der Waals surface area contributed by atoms with Gasteiger partial charge in [-0.05, 0) is 25.0 Å². The molecule has 0 radical (unpaired) electrons. The van der Waals surface area contributed by atoms with Crippen LogP contribution in [0.5, 0.6) is 5.75 Å². The average Bonchev–Trinajstić information content (AvgIpc) is 2.92. The number of carbonyl (C=O) groups is 2. The first-order valence-corrected chi connectivity index (χ1v) is 7.06. The molecular formula is C15H13NO7. The summed E-state index contributed by atoms with van der Waals surface area (Å²) in [5.74, 6) is -3.19. The summed E-state index contributed by atoms with van der Waals surface area (Å²) in [5, 5.41) is 20.5. The van der Waals surface area contributed by atoms with Crippen LogP contribution >= 0.6 is 0 Å². The van der Waals surface area contributed by atoms with Gasteiger partial charge in [-0.1, -0.05) is 0 Å². The van der Waals surface area contributed by atoms with Gasteiger partial charge in [-0.3, -0.25) is 10.1 Å². The minimum atomic E-state index is -1.18. The van der Waals surface area contributed by atoms with E-state index in [1.165, 1.54) is 0 Å². The molecule has 0 amide bonds. The zero-order valence-corrected chi connectivity index (χ0v) is 12.0. The lowest BCUT2D eigenvalue weighted by Crippen LogP contribution is -2.44. The number of aromatic hydroxyl groups is 1. The Labute approximate surface area is 130 Å². The fraction of sp³-hybridized carbons (Fsp3) is 0.333. The second-order valence-corrected chi connectivity index (χ2v) is 5.46. The van der Waals surface area contributed by atoms with Crippen molar-refractivity contribution in [2.75, 3.05) is 0 Å². The van der Waals surface area contributed by atoms with Crippen LogP contribution in [-0.4, -0.2) is 27.8 Å². The van der Waals surface area contributed by atoms with Crippen molar-refractivity contribution in [3.8, 4) is 5.75 Å². The largest absolute Gasteiger partial charge is 0.507 e. The summed E-state index contributed by atoms with van der Waals surface area (Å²) in [4.78, 5) is 34.3. The number of nitro benzene ring substituents is 1. The predicted octanol–water partition coefficient (Wildman–Crippen LogP) is 2.05. The SMILES string of the molecule is O=C1OC2(CCCC2)OC(=O)C1=Cc1cc([N+](=O)[O-])ccc1O. The van der Waals surface area contributed by atoms with Crippen LogP contribution in [0.1, 0.15) is 31.2 Å². The van der Waals surface area contributed by atoms with Crippen molar-refractivity contribution in [1.82, 2.24) is 0 Å². The average molecular weight is 319 g/mol. The Morgan fingerprint density at radius 3 is 2.35 bits per heavy atom. The van der Waals surface area contributed by atoms with E-state index in [9.17, 15) is 24.8 Å². The number of esters is 2. The van der Waals surface area contributed by atoms with E-state index in [0.29, 0.717) is 12.8 Å². The predicted molar refractivity (Wildman–Crippen MR) is 76.1 cm³/mol. The standard InChI is InChI=1S/C15H13NO7/c17-12-4-3-10(16(20)21)7-9(12)8-11-13(18)22-15(23-14(11)19)5-1-2-6-15/h3-4,7-8,17H,1-2,5-6H2. The third-order valence-electron chi connectivity index (χ3n) is 3.88. The monoisotopic (exact) mass is 319 g/mol. The van der Waals surface area contributed by atoms with Crippen LogP contribution in [0, 0.1) is 10.1 Å². The van der Waals surface area contributed by atoms with Crippen LogP contribution in [-0.2, 0) is 19.1 Å². The van der Waals surface area contributed by atoms with E-state index >= 15 is 0 Å². The van der Waals surface area contributed by atoms with Gasteiger partial charge in [0, 0.05) is 30.5 Å². The Balaban J connectivity index is 1.94. The normalized spacial score (nSPS) is 19.4. The van der Waals surface area contributed by atoms with Crippen molar-refractivity contribution in [3.05, 3.63) is 39.4 Å². The summed E-state index contributed by atoms with van der Waals surface area (Å²) in [6.45, 7) is 0. The van der Waals surface area contributed by atoms with Crippen LogP contribution < -0.4 is 0 Å². The van der Waals surface area contributed by atoms with Gasteiger partial charge in [-0.25, -0.2) is 9.59 Å². The van der Waals surface area contributed by atoms with Crippen LogP contribution in [0.2, 0.25) is 0 Å². The van der Waals surface area contributed by atoms with Crippen molar-refractivity contribution in [2.45, 2.75) is 31.5 Å². The molecule has 8 nitrogen and oxygen atoms in total. The van der Waals surface area contributed by atoms with E-state index in [-0.39, 0.29) is 17.0 Å². The van der Waals surface area contributed by atoms with Gasteiger partial charge in [0.05, 0.1) is 4.92 Å². The number of nitrogens with zero attached hydrogens (tertiary/aromatic N) is 1. The molecule has 1 saturated heterocycles. The van der Waals surface area contributed by atoms with E-state index in [1.807, 2.05) is 0 Å². The molecule has 1 saturated carbocycles. The minimum Gasteiger partial charge on any atom is -0.507 e. The number of hydrogen-bond donors (Lipinski definition) is 1. The minimum absolute atomic E-state index is 0.0366. The molecular weight excluding hydrogens is 306 g/mol. The van der Waals surface area contributed by atoms with Crippen LogP contribution in [0.3, 0.4) is 0 Å². The van der Waals surface area contributed by atoms with E-state index in [1.54, 1.807) is 0 Å². The zero-order chi connectivity index (χ0) is 16.6. The molecule has 0 unspecified atom stereocenters. The Morgan fingerprint density at radius 2 is 1.78 bits per heavy atom. The van der Waals surface area contributed by atoms with E-state index in [2.05, 4.69) is 0 Å². The number of rotatable bonds is 2. The maximum atomic E-state index is 12.1. The van der Waals surface area contributed by atoms with Gasteiger partial charge in [-0.2, -0.15) is 0 Å². The highest BCUT2D eigenvalue weighted by molar-refractivity contribution is 6.19. The van der Waals surface area contributed by atoms with Crippen molar-refractivity contribution in [2.24, 2.45) is 0 Å². The maximum Gasteiger partial charge on any atom is 0.348 e. The van der Waals surface area contributed by atoms with Crippen LogP contribution in [0.25, 0.3) is 6.08 Å². The number of ether oxygens (including phenoxy) is 2. The first kappa shape index (κ1) is 15.0. The molecule has 1 aromatic carbocycles. The molecule has 1 spiro atoms. The number of carbonyl (C=O) groups excluding carboxylic acids is 2. The lowest BCUT2D eigenvalue weighted by molar-refractivity contribution is -0.384. The van der Waals surface area contributed by atoms with Gasteiger partial charge >= 0.3 is 11.9 Å². The summed E-state index contributed by atoms with van der Waals surface area (Å²) in [6, 6.07) is 3.29. The Hall–Kier alpha value is -2.90. The van der Waals surface area contributed by atoms with Crippen LogP contribution in [0.4, 0.5) is 5.69 Å². The molecule has 2 aliphatic rings. The van der Waals surface area contributed by atoms with E-state index < -0.39 is 28.2 Å². The summed E-state index contributed by atoms with van der Waals surface area (Å²) in [6.07, 6.45) is 3.55. The van der Waals surface area contributed by atoms with Gasteiger partial charge in [0.15, 0.2) is 0 Å². The topological polar surface area (TPSA) is 116 Å². The molecule has 1 heterocycles. The number of phenolic OH excluding ortho intramolecular Hbond substituents is 1. The molecule has 2 fully saturated rings. The Morgan fingerprint density at radius 1 is 1.17 bits per heavy atom. The van der Waals surface area contributed by atoms with Crippen molar-refractivity contribution in [1.29, 1.82) is 0 Å². The third kappa shape index (κ3) is 2.75. The molecule has 1 N–H and O–H groups in total. The van der Waals surface area contributed by atoms with Gasteiger partial charge in [0.25, 0.3) is 11.5 Å². The van der Waals surface area contributed by atoms with E-state index in [0.717, 1.165) is 37.1 Å². The molecule has 0 bridgehead atoms. The number of phenols is 1. The summed E-state index contributed by atoms with van der Waals surface area (Å²) < 4.78 is 10.5. The van der Waals surface area contributed by atoms with Gasteiger partial charge in [0.1, 0.15) is 11.3 Å². The number of hydrogen-bond acceptors (Lipinski definition) is 7. The van der Waals surface area contributed by atoms with Crippen LogP contribution in [0.15, 0.2) is 23.8 Å². The first-order chi connectivity index (χ1) is 10.9. The summed E-state index contributed by atoms with van der Waals surface area (Å²) >= 11 is 0. The molecule has 3 rings (SSSR count). The molecule has 23 heavy (non-hydrogen) atoms. The Bertz CT molecular complexity index is 709. The summed E-state index contributed by atoms with van der Waals surface area (Å²) in [5.41, 5.74) is -0.719. The molecule has 1 aliphatic carbocycles. The third-order valence-corrected chi connectivity index (χ3v) is 3.88. The smallest absolute Gasteiger partial charge is 0.348 e. The Kier molecular flexibility index (Phi) is 3.51.